The molecule has 0 bridgehead atoms. The molecule has 4 rings (SSSR count). The molecular formula is C26H27FN2O3. The van der Waals surface area contributed by atoms with Crippen molar-refractivity contribution in [3.63, 3.8) is 0 Å². The Bertz CT molecular complexity index is 1050. The van der Waals surface area contributed by atoms with E-state index in [2.05, 4.69) is 9.88 Å². The van der Waals surface area contributed by atoms with E-state index in [0.29, 0.717) is 17.8 Å². The van der Waals surface area contributed by atoms with Gasteiger partial charge < -0.3 is 14.3 Å². The number of ether oxygens (including phenoxy) is 2. The summed E-state index contributed by atoms with van der Waals surface area (Å²) >= 11 is 0. The van der Waals surface area contributed by atoms with Crippen LogP contribution in [0.3, 0.4) is 0 Å². The van der Waals surface area contributed by atoms with Gasteiger partial charge >= 0.3 is 0 Å². The number of nitrogens with zero attached hydrogens (tertiary/aromatic N) is 2. The van der Waals surface area contributed by atoms with Gasteiger partial charge in [0.05, 0.1) is 31.5 Å². The van der Waals surface area contributed by atoms with Crippen LogP contribution in [0.4, 0.5) is 4.39 Å². The number of piperidine rings is 1. The third-order valence-electron chi connectivity index (χ3n) is 6.10. The number of benzene rings is 2. The molecular weight excluding hydrogens is 407 g/mol. The van der Waals surface area contributed by atoms with Crippen molar-refractivity contribution in [3.8, 4) is 22.8 Å². The number of methoxy groups -OCH3 is 2. The molecule has 0 radical (unpaired) electrons. The molecule has 0 N–H and O–H groups in total. The van der Waals surface area contributed by atoms with Gasteiger partial charge in [-0.05, 0) is 61.2 Å². The number of rotatable bonds is 7. The monoisotopic (exact) mass is 434 g/mol. The largest absolute Gasteiger partial charge is 0.496 e. The highest BCUT2D eigenvalue weighted by molar-refractivity contribution is 5.61. The van der Waals surface area contributed by atoms with Gasteiger partial charge in [-0.3, -0.25) is 9.88 Å². The number of hydrogen-bond acceptors (Lipinski definition) is 5. The normalized spacial score (nSPS) is 18.8. The first-order valence-electron chi connectivity index (χ1n) is 10.8. The van der Waals surface area contributed by atoms with E-state index in [0.717, 1.165) is 48.2 Å². The van der Waals surface area contributed by atoms with Crippen LogP contribution in [0.2, 0.25) is 0 Å². The fourth-order valence-corrected chi connectivity index (χ4v) is 4.58. The van der Waals surface area contributed by atoms with Crippen molar-refractivity contribution < 1.29 is 18.7 Å². The SMILES string of the molecule is COc1cccc(OC)c1C1CCCC(C=O)N1Cc1ccc(F)c(-c2ccccn2)c1. The van der Waals surface area contributed by atoms with E-state index >= 15 is 0 Å². The topological polar surface area (TPSA) is 51.7 Å². The Morgan fingerprint density at radius 1 is 1.06 bits per heavy atom. The first-order chi connectivity index (χ1) is 15.7. The van der Waals surface area contributed by atoms with E-state index in [-0.39, 0.29) is 17.9 Å². The fraction of sp³-hybridized carbons (Fsp3) is 0.308. The quantitative estimate of drug-likeness (QED) is 0.479. The minimum atomic E-state index is -0.319. The second kappa shape index (κ2) is 9.92. The summed E-state index contributed by atoms with van der Waals surface area (Å²) in [6, 6.07) is 15.9. The summed E-state index contributed by atoms with van der Waals surface area (Å²) in [6.45, 7) is 0.495. The average Bonchev–Trinajstić information content (AvgIpc) is 2.85. The Morgan fingerprint density at radius 3 is 2.50 bits per heavy atom. The molecule has 1 fully saturated rings. The maximum atomic E-state index is 14.6. The number of likely N-dealkylation sites (tertiary alicyclic amines) is 1. The number of pyridine rings is 1. The van der Waals surface area contributed by atoms with E-state index in [1.807, 2.05) is 30.3 Å². The highest BCUT2D eigenvalue weighted by Gasteiger charge is 2.35. The molecule has 1 aliphatic rings. The predicted octanol–water partition coefficient (Wildman–Crippen LogP) is 5.20. The standard InChI is InChI=1S/C26H27FN2O3/c1-31-24-10-6-11-25(32-2)26(24)23-9-5-7-19(17-30)29(23)16-18-12-13-21(27)20(15-18)22-8-3-4-14-28-22/h3-4,6,8,10-15,17,19,23H,5,7,9,16H2,1-2H3. The molecule has 166 valence electrons. The van der Waals surface area contributed by atoms with Crippen LogP contribution in [0.1, 0.15) is 36.4 Å². The van der Waals surface area contributed by atoms with Crippen LogP contribution in [0.5, 0.6) is 11.5 Å². The maximum Gasteiger partial charge on any atom is 0.137 e. The third kappa shape index (κ3) is 4.36. The number of aldehydes is 1. The smallest absolute Gasteiger partial charge is 0.137 e. The Hall–Kier alpha value is -3.25. The van der Waals surface area contributed by atoms with Crippen LogP contribution in [0.15, 0.2) is 60.8 Å². The van der Waals surface area contributed by atoms with E-state index in [1.54, 1.807) is 38.6 Å². The minimum absolute atomic E-state index is 0.0617. The first-order valence-corrected chi connectivity index (χ1v) is 10.8. The molecule has 0 aliphatic carbocycles. The van der Waals surface area contributed by atoms with E-state index in [9.17, 15) is 9.18 Å². The summed E-state index contributed by atoms with van der Waals surface area (Å²) in [5, 5.41) is 0. The number of halogens is 1. The molecule has 1 aliphatic heterocycles. The Labute approximate surface area is 187 Å². The van der Waals surface area contributed by atoms with E-state index in [1.165, 1.54) is 6.07 Å². The molecule has 2 atom stereocenters. The zero-order valence-electron chi connectivity index (χ0n) is 18.3. The van der Waals surface area contributed by atoms with Gasteiger partial charge in [0.1, 0.15) is 23.6 Å². The lowest BCUT2D eigenvalue weighted by Gasteiger charge is -2.41. The van der Waals surface area contributed by atoms with Crippen LogP contribution < -0.4 is 9.47 Å². The molecule has 0 amide bonds. The summed E-state index contributed by atoms with van der Waals surface area (Å²) in [5.74, 6) is 1.15. The predicted molar refractivity (Wildman–Crippen MR) is 121 cm³/mol. The van der Waals surface area contributed by atoms with Crippen molar-refractivity contribution in [3.05, 3.63) is 77.7 Å². The molecule has 2 aromatic carbocycles. The van der Waals surface area contributed by atoms with Gasteiger partial charge in [0.25, 0.3) is 0 Å². The highest BCUT2D eigenvalue weighted by atomic mass is 19.1. The minimum Gasteiger partial charge on any atom is -0.496 e. The summed E-state index contributed by atoms with van der Waals surface area (Å²) < 4.78 is 25.9. The number of aromatic nitrogens is 1. The summed E-state index contributed by atoms with van der Waals surface area (Å²) in [6.07, 6.45) is 5.24. The summed E-state index contributed by atoms with van der Waals surface area (Å²) in [7, 11) is 3.28. The van der Waals surface area contributed by atoms with Gasteiger partial charge in [-0.15, -0.1) is 0 Å². The average molecular weight is 435 g/mol. The lowest BCUT2D eigenvalue weighted by Crippen LogP contribution is -2.42. The van der Waals surface area contributed by atoms with E-state index < -0.39 is 0 Å². The zero-order chi connectivity index (χ0) is 22.5. The molecule has 5 nitrogen and oxygen atoms in total. The summed E-state index contributed by atoms with van der Waals surface area (Å²) in [4.78, 5) is 18.5. The molecule has 1 saturated heterocycles. The lowest BCUT2D eigenvalue weighted by molar-refractivity contribution is -0.115. The molecule has 3 aromatic rings. The summed E-state index contributed by atoms with van der Waals surface area (Å²) in [5.41, 5.74) is 2.89. The van der Waals surface area contributed by atoms with Crippen LogP contribution in [-0.4, -0.2) is 36.4 Å². The van der Waals surface area contributed by atoms with Crippen molar-refractivity contribution in [2.24, 2.45) is 0 Å². The number of carbonyl (C=O) groups excluding carboxylic acids is 1. The maximum absolute atomic E-state index is 14.6. The van der Waals surface area contributed by atoms with Crippen molar-refractivity contribution in [1.82, 2.24) is 9.88 Å². The number of carbonyl (C=O) groups is 1. The van der Waals surface area contributed by atoms with E-state index in [4.69, 9.17) is 9.47 Å². The van der Waals surface area contributed by atoms with Crippen molar-refractivity contribution in [2.45, 2.75) is 37.9 Å². The van der Waals surface area contributed by atoms with Gasteiger partial charge in [-0.25, -0.2) is 4.39 Å². The second-order valence-electron chi connectivity index (χ2n) is 7.93. The Balaban J connectivity index is 1.73. The van der Waals surface area contributed by atoms with Crippen LogP contribution >= 0.6 is 0 Å². The van der Waals surface area contributed by atoms with Crippen molar-refractivity contribution >= 4 is 6.29 Å². The highest BCUT2D eigenvalue weighted by Crippen LogP contribution is 2.43. The molecule has 6 heteroatoms. The Kier molecular flexibility index (Phi) is 6.81. The lowest BCUT2D eigenvalue weighted by atomic mass is 9.89. The Morgan fingerprint density at radius 2 is 1.84 bits per heavy atom. The van der Waals surface area contributed by atoms with Gasteiger partial charge in [-0.2, -0.15) is 0 Å². The third-order valence-corrected chi connectivity index (χ3v) is 6.10. The van der Waals surface area contributed by atoms with Crippen molar-refractivity contribution in [1.29, 1.82) is 0 Å². The molecule has 2 heterocycles. The molecule has 1 aromatic heterocycles. The fourth-order valence-electron chi connectivity index (χ4n) is 4.58. The van der Waals surface area contributed by atoms with Gasteiger partial charge in [0.2, 0.25) is 0 Å². The molecule has 0 saturated carbocycles. The molecule has 32 heavy (non-hydrogen) atoms. The second-order valence-corrected chi connectivity index (χ2v) is 7.93. The van der Waals surface area contributed by atoms with Crippen LogP contribution in [-0.2, 0) is 11.3 Å². The van der Waals surface area contributed by atoms with Crippen LogP contribution in [0.25, 0.3) is 11.3 Å². The zero-order valence-corrected chi connectivity index (χ0v) is 18.3. The molecule has 2 unspecified atom stereocenters. The van der Waals surface area contributed by atoms with Crippen LogP contribution in [0, 0.1) is 5.82 Å². The van der Waals surface area contributed by atoms with Gasteiger partial charge in [0, 0.05) is 24.3 Å². The van der Waals surface area contributed by atoms with Gasteiger partial charge in [0.15, 0.2) is 0 Å². The van der Waals surface area contributed by atoms with Gasteiger partial charge in [-0.1, -0.05) is 18.2 Å². The molecule has 0 spiro atoms. The van der Waals surface area contributed by atoms with Crippen molar-refractivity contribution in [2.75, 3.05) is 14.2 Å². The number of hydrogen-bond donors (Lipinski definition) is 0. The first kappa shape index (κ1) is 22.0.